The number of benzene rings is 1. The molecule has 1 aromatic rings. The number of carboxylic acids is 1. The summed E-state index contributed by atoms with van der Waals surface area (Å²) in [5.74, 6) is -1.88. The number of aryl methyl sites for hydroxylation is 1. The van der Waals surface area contributed by atoms with E-state index < -0.39 is 17.9 Å². The number of carbonyl (C=O) groups excluding carboxylic acids is 2. The fraction of sp³-hybridized carbons (Fsp3) is 0.357. The van der Waals surface area contributed by atoms with Crippen molar-refractivity contribution < 1.29 is 19.5 Å². The van der Waals surface area contributed by atoms with Gasteiger partial charge in [0.25, 0.3) is 0 Å². The number of rotatable bonds is 3. The monoisotopic (exact) mass is 276 g/mol. The second kappa shape index (κ2) is 5.32. The van der Waals surface area contributed by atoms with Crippen molar-refractivity contribution in [3.63, 3.8) is 0 Å². The van der Waals surface area contributed by atoms with Crippen molar-refractivity contribution in [1.29, 1.82) is 0 Å². The number of carbonyl (C=O) groups is 3. The SMILES string of the molecule is CCC1C(=O)NC(=O)CN1c1ccc(C)cc1C(=O)O. The molecule has 0 aromatic heterocycles. The average Bonchev–Trinajstić information content (AvgIpc) is 2.37. The molecule has 1 unspecified atom stereocenters. The second-order valence-electron chi connectivity index (χ2n) is 4.79. The van der Waals surface area contributed by atoms with Crippen molar-refractivity contribution in [1.82, 2.24) is 5.32 Å². The number of hydrogen-bond acceptors (Lipinski definition) is 4. The third kappa shape index (κ3) is 2.49. The molecule has 0 radical (unpaired) electrons. The largest absolute Gasteiger partial charge is 0.478 e. The summed E-state index contributed by atoms with van der Waals surface area (Å²) >= 11 is 0. The number of anilines is 1. The maximum absolute atomic E-state index is 11.8. The molecule has 0 bridgehead atoms. The topological polar surface area (TPSA) is 86.7 Å². The molecular formula is C14H16N2O4. The van der Waals surface area contributed by atoms with Crippen LogP contribution in [0.25, 0.3) is 0 Å². The third-order valence-electron chi connectivity index (χ3n) is 3.33. The van der Waals surface area contributed by atoms with E-state index in [1.54, 1.807) is 30.0 Å². The van der Waals surface area contributed by atoms with Crippen molar-refractivity contribution in [2.45, 2.75) is 26.3 Å². The van der Waals surface area contributed by atoms with Crippen LogP contribution in [0.2, 0.25) is 0 Å². The van der Waals surface area contributed by atoms with E-state index in [2.05, 4.69) is 5.32 Å². The zero-order valence-corrected chi connectivity index (χ0v) is 11.3. The van der Waals surface area contributed by atoms with Crippen molar-refractivity contribution in [3.05, 3.63) is 29.3 Å². The lowest BCUT2D eigenvalue weighted by Gasteiger charge is -2.36. The van der Waals surface area contributed by atoms with Crippen LogP contribution >= 0.6 is 0 Å². The van der Waals surface area contributed by atoms with Gasteiger partial charge in [0, 0.05) is 0 Å². The molecule has 6 heteroatoms. The summed E-state index contributed by atoms with van der Waals surface area (Å²) in [6.07, 6.45) is 0.492. The molecule has 106 valence electrons. The molecule has 1 aromatic carbocycles. The van der Waals surface area contributed by atoms with Crippen molar-refractivity contribution in [2.75, 3.05) is 11.4 Å². The van der Waals surface area contributed by atoms with Crippen LogP contribution in [-0.4, -0.2) is 35.5 Å². The van der Waals surface area contributed by atoms with E-state index in [1.165, 1.54) is 0 Å². The molecule has 0 saturated carbocycles. The minimum atomic E-state index is -1.07. The van der Waals surface area contributed by atoms with Gasteiger partial charge in [0.2, 0.25) is 11.8 Å². The van der Waals surface area contributed by atoms with Crippen LogP contribution in [-0.2, 0) is 9.59 Å². The van der Waals surface area contributed by atoms with Gasteiger partial charge in [-0.05, 0) is 25.5 Å². The van der Waals surface area contributed by atoms with Crippen molar-refractivity contribution in [3.8, 4) is 0 Å². The first-order chi connectivity index (χ1) is 9.43. The van der Waals surface area contributed by atoms with Gasteiger partial charge >= 0.3 is 5.97 Å². The number of carboxylic acid groups (broad SMARTS) is 1. The maximum atomic E-state index is 11.8. The molecule has 1 atom stereocenters. The first-order valence-electron chi connectivity index (χ1n) is 6.38. The van der Waals surface area contributed by atoms with Crippen LogP contribution in [0, 0.1) is 6.92 Å². The molecule has 2 rings (SSSR count). The zero-order chi connectivity index (χ0) is 14.9. The fourth-order valence-corrected chi connectivity index (χ4v) is 2.40. The predicted octanol–water partition coefficient (Wildman–Crippen LogP) is 0.935. The Morgan fingerprint density at radius 3 is 2.75 bits per heavy atom. The van der Waals surface area contributed by atoms with Crippen LogP contribution < -0.4 is 10.2 Å². The molecular weight excluding hydrogens is 260 g/mol. The van der Waals surface area contributed by atoms with Gasteiger partial charge in [0.05, 0.1) is 17.8 Å². The van der Waals surface area contributed by atoms with Crippen LogP contribution in [0.5, 0.6) is 0 Å². The smallest absolute Gasteiger partial charge is 0.337 e. The Labute approximate surface area is 116 Å². The van der Waals surface area contributed by atoms with Crippen molar-refractivity contribution in [2.24, 2.45) is 0 Å². The zero-order valence-electron chi connectivity index (χ0n) is 11.3. The molecule has 1 heterocycles. The van der Waals surface area contributed by atoms with Gasteiger partial charge in [-0.2, -0.15) is 0 Å². The fourth-order valence-electron chi connectivity index (χ4n) is 2.40. The Hall–Kier alpha value is -2.37. The number of piperazine rings is 1. The summed E-state index contributed by atoms with van der Waals surface area (Å²) in [4.78, 5) is 36.3. The standard InChI is InChI=1S/C14H16N2O4/c1-3-10-13(18)15-12(17)7-16(10)11-5-4-8(2)6-9(11)14(19)20/h4-6,10H,3,7H2,1-2H3,(H,19,20)(H,15,17,18). The molecule has 2 amide bonds. The number of imide groups is 1. The molecule has 1 aliphatic heterocycles. The number of aromatic carboxylic acids is 1. The number of nitrogens with zero attached hydrogens (tertiary/aromatic N) is 1. The Balaban J connectivity index is 2.50. The molecule has 0 spiro atoms. The molecule has 1 saturated heterocycles. The maximum Gasteiger partial charge on any atom is 0.337 e. The highest BCUT2D eigenvalue weighted by molar-refractivity contribution is 6.06. The third-order valence-corrected chi connectivity index (χ3v) is 3.33. The molecule has 0 aliphatic carbocycles. The average molecular weight is 276 g/mol. The van der Waals surface area contributed by atoms with E-state index in [-0.39, 0.29) is 18.0 Å². The Morgan fingerprint density at radius 2 is 2.15 bits per heavy atom. The Kier molecular flexibility index (Phi) is 3.74. The molecule has 20 heavy (non-hydrogen) atoms. The lowest BCUT2D eigenvalue weighted by molar-refractivity contribution is -0.132. The van der Waals surface area contributed by atoms with E-state index in [4.69, 9.17) is 0 Å². The van der Waals surface area contributed by atoms with Gasteiger partial charge in [-0.1, -0.05) is 18.6 Å². The van der Waals surface area contributed by atoms with E-state index in [9.17, 15) is 19.5 Å². The Bertz CT molecular complexity index is 583. The summed E-state index contributed by atoms with van der Waals surface area (Å²) in [5.41, 5.74) is 1.32. The molecule has 1 fully saturated rings. The number of amides is 2. The van der Waals surface area contributed by atoms with Gasteiger partial charge in [-0.3, -0.25) is 14.9 Å². The van der Waals surface area contributed by atoms with Gasteiger partial charge < -0.3 is 10.0 Å². The van der Waals surface area contributed by atoms with Gasteiger partial charge in [0.15, 0.2) is 0 Å². The summed E-state index contributed by atoms with van der Waals surface area (Å²) in [7, 11) is 0. The highest BCUT2D eigenvalue weighted by Crippen LogP contribution is 2.26. The quantitative estimate of drug-likeness (QED) is 0.802. The second-order valence-corrected chi connectivity index (χ2v) is 4.79. The lowest BCUT2D eigenvalue weighted by atomic mass is 10.0. The predicted molar refractivity (Wildman–Crippen MR) is 72.7 cm³/mol. The van der Waals surface area contributed by atoms with Crippen LogP contribution in [0.1, 0.15) is 29.3 Å². The summed E-state index contributed by atoms with van der Waals surface area (Å²) in [6, 6.07) is 4.42. The van der Waals surface area contributed by atoms with Crippen molar-refractivity contribution >= 4 is 23.5 Å². The highest BCUT2D eigenvalue weighted by Gasteiger charge is 2.34. The summed E-state index contributed by atoms with van der Waals surface area (Å²) in [6.45, 7) is 3.59. The summed E-state index contributed by atoms with van der Waals surface area (Å²) < 4.78 is 0. The van der Waals surface area contributed by atoms with Gasteiger partial charge in [-0.25, -0.2) is 4.79 Å². The van der Waals surface area contributed by atoms with E-state index in [0.717, 1.165) is 5.56 Å². The first-order valence-corrected chi connectivity index (χ1v) is 6.38. The molecule has 6 nitrogen and oxygen atoms in total. The van der Waals surface area contributed by atoms with Gasteiger partial charge in [-0.15, -0.1) is 0 Å². The normalized spacial score (nSPS) is 18.9. The highest BCUT2D eigenvalue weighted by atomic mass is 16.4. The van der Waals surface area contributed by atoms with Crippen LogP contribution in [0.4, 0.5) is 5.69 Å². The van der Waals surface area contributed by atoms with Crippen LogP contribution in [0.15, 0.2) is 18.2 Å². The minimum Gasteiger partial charge on any atom is -0.478 e. The van der Waals surface area contributed by atoms with E-state index in [0.29, 0.717) is 12.1 Å². The first kappa shape index (κ1) is 14.0. The Morgan fingerprint density at radius 1 is 1.45 bits per heavy atom. The van der Waals surface area contributed by atoms with E-state index >= 15 is 0 Å². The van der Waals surface area contributed by atoms with Gasteiger partial charge in [0.1, 0.15) is 6.04 Å². The number of hydrogen-bond donors (Lipinski definition) is 2. The lowest BCUT2D eigenvalue weighted by Crippen LogP contribution is -2.58. The van der Waals surface area contributed by atoms with Crippen LogP contribution in [0.3, 0.4) is 0 Å². The minimum absolute atomic E-state index is 0.0203. The van der Waals surface area contributed by atoms with E-state index in [1.807, 2.05) is 6.92 Å². The molecule has 2 N–H and O–H groups in total. The molecule has 1 aliphatic rings. The summed E-state index contributed by atoms with van der Waals surface area (Å²) in [5, 5.41) is 11.6. The number of nitrogens with one attached hydrogen (secondary N) is 1.